The van der Waals surface area contributed by atoms with Gasteiger partial charge in [0.25, 0.3) is 0 Å². The Morgan fingerprint density at radius 2 is 0.389 bits per heavy atom. The molecule has 0 nitrogen and oxygen atoms in total. The van der Waals surface area contributed by atoms with Gasteiger partial charge in [-0.15, -0.1) is 112 Å². The molecule has 104 valence electrons. The molecule has 18 heteroatoms. The number of hydrogen-bond donors (Lipinski definition) is 0. The molecule has 0 saturated carbocycles. The van der Waals surface area contributed by atoms with Crippen LogP contribution in [0.1, 0.15) is 0 Å². The summed E-state index contributed by atoms with van der Waals surface area (Å²) >= 11 is 0. The van der Waals surface area contributed by atoms with E-state index in [1.807, 2.05) is 0 Å². The summed E-state index contributed by atoms with van der Waals surface area (Å²) in [5, 5.41) is 0. The van der Waals surface area contributed by atoms with Crippen LogP contribution in [-0.4, -0.2) is 240 Å². The van der Waals surface area contributed by atoms with Crippen molar-refractivity contribution in [2.24, 2.45) is 0 Å². The Bertz CT molecular complexity index is 48.0. The summed E-state index contributed by atoms with van der Waals surface area (Å²) in [6.45, 7) is 0. The van der Waals surface area contributed by atoms with Crippen molar-refractivity contribution in [2.75, 3.05) is 0 Å². The van der Waals surface area contributed by atoms with E-state index in [2.05, 4.69) is 0 Å². The van der Waals surface area contributed by atoms with Crippen LogP contribution in [0.25, 0.3) is 0 Å². The minimum Gasteiger partial charge on any atom is 0 e. The van der Waals surface area contributed by atoms with Crippen molar-refractivity contribution in [1.82, 2.24) is 0 Å². The van der Waals surface area contributed by atoms with E-state index in [4.69, 9.17) is 0 Å². The van der Waals surface area contributed by atoms with Crippen molar-refractivity contribution in [1.29, 1.82) is 0 Å². The minimum atomic E-state index is 0. The summed E-state index contributed by atoms with van der Waals surface area (Å²) in [5.74, 6) is 0. The van der Waals surface area contributed by atoms with Gasteiger partial charge < -0.3 is 0 Å². The molecule has 0 spiro atoms. The normalized spacial score (nSPS) is 0. The van der Waals surface area contributed by atoms with Gasteiger partial charge in [0.05, 0.1) is 0 Å². The third-order valence-electron chi connectivity index (χ3n) is 0. The second-order valence-electron chi connectivity index (χ2n) is 0. The van der Waals surface area contributed by atoms with Gasteiger partial charge in [0, 0.05) is 19.5 Å². The van der Waals surface area contributed by atoms with Crippen molar-refractivity contribution in [3.8, 4) is 0 Å². The molecule has 18 heavy (non-hydrogen) atoms. The van der Waals surface area contributed by atoms with Gasteiger partial charge in [-0.25, -0.2) is 0 Å². The number of rotatable bonds is 0. The average molecular weight is 846 g/mol. The van der Waals surface area contributed by atoms with Gasteiger partial charge >= 0.3 is 240 Å². The molecule has 0 aromatic heterocycles. The molecule has 0 bridgehead atoms. The Morgan fingerprint density at radius 1 is 0.389 bits per heavy atom. The van der Waals surface area contributed by atoms with Gasteiger partial charge in [-0.1, -0.05) is 0 Å². The first-order valence-corrected chi connectivity index (χ1v) is 0. The van der Waals surface area contributed by atoms with Crippen LogP contribution in [0.2, 0.25) is 0 Å². The Labute approximate surface area is 373 Å². The van der Waals surface area contributed by atoms with E-state index in [0.717, 1.165) is 0 Å². The second kappa shape index (κ2) is 163. The van der Waals surface area contributed by atoms with Crippen LogP contribution in [0.3, 0.4) is 0 Å². The van der Waals surface area contributed by atoms with E-state index in [9.17, 15) is 0 Å². The molecule has 0 aliphatic carbocycles. The molecule has 0 heterocycles. The SMILES string of the molecule is Br.Br.Br.Cl.Cl.Cl.F.F.F.I.[CaH2].[CaH2].[CaH2].[CaH2].[NaH].[NaH].[NaH].[Zn]. The van der Waals surface area contributed by atoms with Gasteiger partial charge in [0.1, 0.15) is 0 Å². The quantitative estimate of drug-likeness (QED) is 0.205. The van der Waals surface area contributed by atoms with Gasteiger partial charge in [0.15, 0.2) is 0 Å². The number of halogens is 10. The van der Waals surface area contributed by atoms with Crippen LogP contribution in [0.5, 0.6) is 0 Å². The van der Waals surface area contributed by atoms with Gasteiger partial charge in [-0.05, 0) is 0 Å². The summed E-state index contributed by atoms with van der Waals surface area (Å²) in [5.41, 5.74) is 0. The second-order valence-corrected chi connectivity index (χ2v) is 0. The first-order chi connectivity index (χ1) is 0. The summed E-state index contributed by atoms with van der Waals surface area (Å²) < 4.78 is 0. The van der Waals surface area contributed by atoms with Crippen LogP contribution >= 0.6 is 112 Å². The molecule has 0 aliphatic heterocycles. The minimum absolute atomic E-state index is 0. The van der Waals surface area contributed by atoms with E-state index in [-0.39, 0.29) is 385 Å². The zero-order chi connectivity index (χ0) is 0. The van der Waals surface area contributed by atoms with Crippen LogP contribution in [-0.2, 0) is 19.5 Å². The molecule has 0 atom stereocenters. The van der Waals surface area contributed by atoms with Gasteiger partial charge in [-0.2, -0.15) is 0 Å². The molecule has 0 radical (unpaired) electrons. The Hall–Kier alpha value is 11.5. The fourth-order valence-corrected chi connectivity index (χ4v) is 0. The van der Waals surface area contributed by atoms with E-state index < -0.39 is 0 Å². The summed E-state index contributed by atoms with van der Waals surface area (Å²) in [7, 11) is 0. The number of hydrogen-bond acceptors (Lipinski definition) is 0. The molecule has 0 aliphatic rings. The van der Waals surface area contributed by atoms with E-state index in [1.54, 1.807) is 0 Å². The smallest absolute Gasteiger partial charge is 0 e. The average Bonchev–Trinajstić information content (AvgIpc) is 0. The van der Waals surface area contributed by atoms with Gasteiger partial charge in [-0.3, -0.25) is 14.1 Å². The molecule has 0 fully saturated rings. The molecule has 0 aromatic carbocycles. The zero-order valence-electron chi connectivity index (χ0n) is 4.79. The molecule has 0 N–H and O–H groups in total. The Kier molecular flexibility index (Phi) is 1640. The maximum Gasteiger partial charge on any atom is 0 e. The van der Waals surface area contributed by atoms with E-state index in [1.165, 1.54) is 0 Å². The van der Waals surface area contributed by atoms with Crippen LogP contribution in [0.4, 0.5) is 14.1 Å². The standard InChI is InChI=1S/3BrH.4Ca.3ClH.3FH.HI.3Na.Zn.11H/h3*1H;;;;;7*1H;;;;;;;;;;;;;;;. The molecular weight excluding hydrogens is 825 g/mol. The Balaban J connectivity index is 0. The predicted molar refractivity (Wildman–Crippen MR) is 131 cm³/mol. The maximum absolute atomic E-state index is 0. The molecule has 0 aromatic rings. The molecule has 0 saturated heterocycles. The molecule has 0 unspecified atom stereocenters. The fraction of sp³-hybridized carbons (Fsp3) is 0. The topological polar surface area (TPSA) is 0 Å². The van der Waals surface area contributed by atoms with Crippen LogP contribution in [0.15, 0.2) is 0 Å². The zero-order valence-corrected chi connectivity index (χ0v) is 17.7. The predicted octanol–water partition coefficient (Wildman–Crippen LogP) is -1.54. The van der Waals surface area contributed by atoms with Crippen molar-refractivity contribution in [3.05, 3.63) is 0 Å². The third-order valence-corrected chi connectivity index (χ3v) is 0. The molecular formula is H21Br3Ca4Cl3F3INa3Zn. The summed E-state index contributed by atoms with van der Waals surface area (Å²) in [4.78, 5) is 0. The van der Waals surface area contributed by atoms with Crippen molar-refractivity contribution in [3.63, 3.8) is 0 Å². The van der Waals surface area contributed by atoms with Crippen LogP contribution < -0.4 is 0 Å². The monoisotopic (exact) mass is 839 g/mol. The van der Waals surface area contributed by atoms with E-state index >= 15 is 0 Å². The van der Waals surface area contributed by atoms with Crippen LogP contribution in [0, 0.1) is 0 Å². The molecule has 0 rings (SSSR count). The largest absolute Gasteiger partial charge is 0 e. The summed E-state index contributed by atoms with van der Waals surface area (Å²) in [6, 6.07) is 0. The first kappa shape index (κ1) is 181. The van der Waals surface area contributed by atoms with Crippen molar-refractivity contribution >= 4 is 352 Å². The molecule has 0 amide bonds. The van der Waals surface area contributed by atoms with Gasteiger partial charge in [0.2, 0.25) is 0 Å². The van der Waals surface area contributed by atoms with Crippen molar-refractivity contribution in [2.45, 2.75) is 0 Å². The first-order valence-electron chi connectivity index (χ1n) is 0. The van der Waals surface area contributed by atoms with Crippen molar-refractivity contribution < 1.29 is 33.6 Å². The third kappa shape index (κ3) is 146. The Morgan fingerprint density at radius 3 is 0.389 bits per heavy atom. The van der Waals surface area contributed by atoms with E-state index in [0.29, 0.717) is 0 Å². The maximum atomic E-state index is 0. The fourth-order valence-electron chi connectivity index (χ4n) is 0. The summed E-state index contributed by atoms with van der Waals surface area (Å²) in [6.07, 6.45) is 0.